The average Bonchev–Trinajstić information content (AvgIpc) is 2.50. The Labute approximate surface area is 118 Å². The Kier molecular flexibility index (Phi) is 4.95. The van der Waals surface area contributed by atoms with Crippen LogP contribution in [0.3, 0.4) is 0 Å². The molecule has 0 amide bonds. The molecular weight excluding hydrogens is 250 g/mol. The van der Waals surface area contributed by atoms with Crippen molar-refractivity contribution < 1.29 is 9.84 Å². The van der Waals surface area contributed by atoms with E-state index in [-0.39, 0.29) is 5.95 Å². The van der Waals surface area contributed by atoms with Crippen molar-refractivity contribution in [1.82, 2.24) is 0 Å². The third kappa shape index (κ3) is 3.72. The van der Waals surface area contributed by atoms with E-state index in [1.54, 1.807) is 0 Å². The zero-order valence-electron chi connectivity index (χ0n) is 11.4. The molecule has 20 heavy (non-hydrogen) atoms. The summed E-state index contributed by atoms with van der Waals surface area (Å²) in [4.78, 5) is 4.36. The molecule has 0 radical (unpaired) electrons. The lowest BCUT2D eigenvalue weighted by Crippen LogP contribution is -2.02. The molecule has 2 rings (SSSR count). The smallest absolute Gasteiger partial charge is 0.295 e. The number of aliphatic imine (C=N–C) groups is 1. The lowest BCUT2D eigenvalue weighted by molar-refractivity contribution is 0.101. The summed E-state index contributed by atoms with van der Waals surface area (Å²) in [5.74, 6) is -0.183. The van der Waals surface area contributed by atoms with E-state index in [9.17, 15) is 5.11 Å². The van der Waals surface area contributed by atoms with Crippen molar-refractivity contribution in [3.63, 3.8) is 0 Å². The summed E-state index contributed by atoms with van der Waals surface area (Å²) in [6.07, 6.45) is 1.33. The Balaban J connectivity index is 2.40. The van der Waals surface area contributed by atoms with Crippen molar-refractivity contribution in [2.24, 2.45) is 4.99 Å². The zero-order valence-corrected chi connectivity index (χ0v) is 11.4. The number of benzene rings is 2. The van der Waals surface area contributed by atoms with E-state index in [0.29, 0.717) is 6.61 Å². The first-order chi connectivity index (χ1) is 9.81. The van der Waals surface area contributed by atoms with Gasteiger partial charge in [-0.1, -0.05) is 60.7 Å². The molecule has 2 aromatic carbocycles. The molecule has 1 N–H and O–H groups in total. The number of hydrogen-bond donors (Lipinski definition) is 1. The minimum Gasteiger partial charge on any atom is -0.480 e. The quantitative estimate of drug-likeness (QED) is 0.659. The highest BCUT2D eigenvalue weighted by Gasteiger charge is 2.05. The van der Waals surface area contributed by atoms with E-state index in [0.717, 1.165) is 16.8 Å². The normalized spacial score (nSPS) is 10.9. The standard InChI is InChI=1S/C17H17NO2/c1-2-20-16(19)13-18-17(14-9-5-3-6-10-14)15-11-7-4-8-12-15/h3-13,19H,2H2,1H3/b16-13+. The van der Waals surface area contributed by atoms with Crippen LogP contribution >= 0.6 is 0 Å². The Morgan fingerprint density at radius 2 is 1.50 bits per heavy atom. The van der Waals surface area contributed by atoms with Crippen molar-refractivity contribution in [2.45, 2.75) is 6.92 Å². The number of aliphatic hydroxyl groups is 1. The molecule has 0 unspecified atom stereocenters. The lowest BCUT2D eigenvalue weighted by atomic mass is 10.0. The first-order valence-corrected chi connectivity index (χ1v) is 6.52. The number of hydrogen-bond acceptors (Lipinski definition) is 3. The van der Waals surface area contributed by atoms with Gasteiger partial charge in [0.1, 0.15) is 6.20 Å². The van der Waals surface area contributed by atoms with Crippen molar-refractivity contribution >= 4 is 5.71 Å². The molecule has 3 nitrogen and oxygen atoms in total. The molecule has 0 aliphatic carbocycles. The summed E-state index contributed by atoms with van der Waals surface area (Å²) in [6.45, 7) is 2.22. The predicted molar refractivity (Wildman–Crippen MR) is 80.9 cm³/mol. The molecule has 2 aromatic rings. The Hall–Kier alpha value is -2.55. The molecule has 0 atom stereocenters. The molecule has 0 saturated carbocycles. The van der Waals surface area contributed by atoms with Crippen LogP contribution < -0.4 is 0 Å². The molecule has 0 spiro atoms. The Morgan fingerprint density at radius 3 is 1.95 bits per heavy atom. The summed E-state index contributed by atoms with van der Waals surface area (Å²) in [7, 11) is 0. The fourth-order valence-corrected chi connectivity index (χ4v) is 1.81. The van der Waals surface area contributed by atoms with Crippen LogP contribution in [0.1, 0.15) is 18.1 Å². The fourth-order valence-electron chi connectivity index (χ4n) is 1.81. The molecule has 102 valence electrons. The maximum Gasteiger partial charge on any atom is 0.295 e. The van der Waals surface area contributed by atoms with Gasteiger partial charge in [-0.3, -0.25) is 0 Å². The maximum atomic E-state index is 9.52. The summed E-state index contributed by atoms with van der Waals surface area (Å²) in [6, 6.07) is 19.7. The Bertz CT molecular complexity index is 547. The SMILES string of the molecule is CCO/C(O)=C/N=C(c1ccccc1)c1ccccc1. The van der Waals surface area contributed by atoms with Gasteiger partial charge in [-0.2, -0.15) is 0 Å². The topological polar surface area (TPSA) is 41.8 Å². The molecule has 0 aliphatic heterocycles. The number of nitrogens with zero attached hydrogens (tertiary/aromatic N) is 1. The largest absolute Gasteiger partial charge is 0.480 e. The summed E-state index contributed by atoms with van der Waals surface area (Å²) < 4.78 is 4.97. The molecule has 0 bridgehead atoms. The van der Waals surface area contributed by atoms with Crippen LogP contribution in [-0.4, -0.2) is 17.4 Å². The molecule has 0 aliphatic rings. The van der Waals surface area contributed by atoms with Gasteiger partial charge in [-0.05, 0) is 6.92 Å². The van der Waals surface area contributed by atoms with Crippen LogP contribution in [0.25, 0.3) is 0 Å². The molecular formula is C17H17NO2. The van der Waals surface area contributed by atoms with Gasteiger partial charge >= 0.3 is 0 Å². The monoisotopic (exact) mass is 267 g/mol. The highest BCUT2D eigenvalue weighted by molar-refractivity contribution is 6.13. The first kappa shape index (κ1) is 13.9. The third-order valence-corrected chi connectivity index (χ3v) is 2.69. The van der Waals surface area contributed by atoms with E-state index in [1.165, 1.54) is 6.20 Å². The van der Waals surface area contributed by atoms with Gasteiger partial charge in [0.15, 0.2) is 0 Å². The van der Waals surface area contributed by atoms with E-state index in [2.05, 4.69) is 4.99 Å². The maximum absolute atomic E-state index is 9.52. The van der Waals surface area contributed by atoms with Crippen LogP contribution in [0.4, 0.5) is 0 Å². The third-order valence-electron chi connectivity index (χ3n) is 2.69. The van der Waals surface area contributed by atoms with E-state index in [1.807, 2.05) is 67.6 Å². The second-order valence-corrected chi connectivity index (χ2v) is 4.11. The van der Waals surface area contributed by atoms with Gasteiger partial charge in [0.25, 0.3) is 5.95 Å². The minimum atomic E-state index is -0.183. The molecule has 3 heteroatoms. The van der Waals surface area contributed by atoms with Crippen LogP contribution in [0.2, 0.25) is 0 Å². The van der Waals surface area contributed by atoms with Crippen molar-refractivity contribution in [2.75, 3.05) is 6.61 Å². The Morgan fingerprint density at radius 1 is 1.00 bits per heavy atom. The number of rotatable bonds is 5. The van der Waals surface area contributed by atoms with Gasteiger partial charge in [0.05, 0.1) is 12.3 Å². The van der Waals surface area contributed by atoms with Gasteiger partial charge < -0.3 is 9.84 Å². The van der Waals surface area contributed by atoms with E-state index in [4.69, 9.17) is 4.74 Å². The lowest BCUT2D eigenvalue weighted by Gasteiger charge is -2.06. The van der Waals surface area contributed by atoms with Crippen molar-refractivity contribution in [1.29, 1.82) is 0 Å². The first-order valence-electron chi connectivity index (χ1n) is 6.52. The summed E-state index contributed by atoms with van der Waals surface area (Å²) in [5, 5.41) is 9.52. The predicted octanol–water partition coefficient (Wildman–Crippen LogP) is 3.92. The average molecular weight is 267 g/mol. The van der Waals surface area contributed by atoms with Gasteiger partial charge in [0.2, 0.25) is 0 Å². The number of ether oxygens (including phenoxy) is 1. The second kappa shape index (κ2) is 7.14. The van der Waals surface area contributed by atoms with E-state index >= 15 is 0 Å². The van der Waals surface area contributed by atoms with Crippen LogP contribution in [0, 0.1) is 0 Å². The molecule has 0 aromatic heterocycles. The highest BCUT2D eigenvalue weighted by Crippen LogP contribution is 2.11. The van der Waals surface area contributed by atoms with Crippen molar-refractivity contribution in [3.8, 4) is 0 Å². The molecule has 0 saturated heterocycles. The number of aliphatic hydroxyl groups excluding tert-OH is 1. The minimum absolute atomic E-state index is 0.183. The second-order valence-electron chi connectivity index (χ2n) is 4.11. The van der Waals surface area contributed by atoms with Crippen LogP contribution in [0.5, 0.6) is 0 Å². The van der Waals surface area contributed by atoms with Crippen LogP contribution in [-0.2, 0) is 4.74 Å². The van der Waals surface area contributed by atoms with E-state index < -0.39 is 0 Å². The fraction of sp³-hybridized carbons (Fsp3) is 0.118. The highest BCUT2D eigenvalue weighted by atomic mass is 16.6. The van der Waals surface area contributed by atoms with Gasteiger partial charge in [0, 0.05) is 11.1 Å². The molecule has 0 heterocycles. The summed E-state index contributed by atoms with van der Waals surface area (Å²) in [5.41, 5.74) is 2.76. The van der Waals surface area contributed by atoms with Gasteiger partial charge in [-0.15, -0.1) is 0 Å². The molecule has 0 fully saturated rings. The van der Waals surface area contributed by atoms with Crippen molar-refractivity contribution in [3.05, 3.63) is 83.9 Å². The van der Waals surface area contributed by atoms with Gasteiger partial charge in [-0.25, -0.2) is 4.99 Å². The summed E-state index contributed by atoms with van der Waals surface area (Å²) >= 11 is 0. The zero-order chi connectivity index (χ0) is 14.2. The van der Waals surface area contributed by atoms with Crippen LogP contribution in [0.15, 0.2) is 77.8 Å².